The summed E-state index contributed by atoms with van der Waals surface area (Å²) in [5.41, 5.74) is 0.135. The maximum atomic E-state index is 12.9. The Bertz CT molecular complexity index is 396. The van der Waals surface area contributed by atoms with E-state index in [0.717, 1.165) is 12.1 Å². The topological polar surface area (TPSA) is 29.1 Å². The third-order valence-electron chi connectivity index (χ3n) is 1.86. The predicted molar refractivity (Wildman–Crippen MR) is 58.0 cm³/mol. The van der Waals surface area contributed by atoms with Gasteiger partial charge in [-0.1, -0.05) is 6.07 Å². The molecule has 1 aromatic rings. The number of benzene rings is 1. The number of carbonyl (C=O) groups is 1. The normalized spacial score (nSPS) is 11.3. The fourth-order valence-corrected chi connectivity index (χ4v) is 1.30. The average Bonchev–Trinajstić information content (AvgIpc) is 2.08. The van der Waals surface area contributed by atoms with Crippen molar-refractivity contribution in [2.75, 3.05) is 0 Å². The quantitative estimate of drug-likeness (QED) is 0.826. The molecule has 0 saturated heterocycles. The largest absolute Gasteiger partial charge is 0.351 e. The first-order valence-electron chi connectivity index (χ1n) is 5.03. The molecule has 0 heterocycles. The second-order valence-electron chi connectivity index (χ2n) is 4.72. The van der Waals surface area contributed by atoms with Gasteiger partial charge in [0.15, 0.2) is 11.6 Å². The fourth-order valence-electron chi connectivity index (χ4n) is 1.30. The molecule has 2 nitrogen and oxygen atoms in total. The molecule has 0 aliphatic carbocycles. The molecule has 0 fully saturated rings. The van der Waals surface area contributed by atoms with Crippen molar-refractivity contribution < 1.29 is 13.6 Å². The highest BCUT2D eigenvalue weighted by atomic mass is 19.2. The van der Waals surface area contributed by atoms with Crippen LogP contribution in [0.4, 0.5) is 8.78 Å². The molecule has 1 N–H and O–H groups in total. The maximum Gasteiger partial charge on any atom is 0.224 e. The van der Waals surface area contributed by atoms with E-state index in [1.165, 1.54) is 6.07 Å². The van der Waals surface area contributed by atoms with E-state index in [1.54, 1.807) is 0 Å². The highest BCUT2D eigenvalue weighted by Gasteiger charge is 2.14. The van der Waals surface area contributed by atoms with Crippen LogP contribution in [0.15, 0.2) is 18.2 Å². The first-order chi connectivity index (χ1) is 7.28. The molecular formula is C12H15F2NO. The standard InChI is InChI=1S/C12H15F2NO/c1-12(2,3)15-11(16)7-8-4-5-9(13)10(14)6-8/h4-6H,7H2,1-3H3,(H,15,16). The van der Waals surface area contributed by atoms with Crippen molar-refractivity contribution >= 4 is 5.91 Å². The zero-order valence-electron chi connectivity index (χ0n) is 9.60. The smallest absolute Gasteiger partial charge is 0.224 e. The van der Waals surface area contributed by atoms with Gasteiger partial charge >= 0.3 is 0 Å². The fraction of sp³-hybridized carbons (Fsp3) is 0.417. The highest BCUT2D eigenvalue weighted by Crippen LogP contribution is 2.09. The summed E-state index contributed by atoms with van der Waals surface area (Å²) in [6.07, 6.45) is 0.0501. The minimum Gasteiger partial charge on any atom is -0.351 e. The van der Waals surface area contributed by atoms with Gasteiger partial charge in [0.05, 0.1) is 6.42 Å². The van der Waals surface area contributed by atoms with Crippen LogP contribution >= 0.6 is 0 Å². The molecule has 4 heteroatoms. The lowest BCUT2D eigenvalue weighted by Gasteiger charge is -2.20. The Morgan fingerprint density at radius 3 is 2.38 bits per heavy atom. The van der Waals surface area contributed by atoms with Crippen LogP contribution in [0, 0.1) is 11.6 Å². The summed E-state index contributed by atoms with van der Waals surface area (Å²) in [4.78, 5) is 11.5. The molecule has 16 heavy (non-hydrogen) atoms. The summed E-state index contributed by atoms with van der Waals surface area (Å²) in [6, 6.07) is 3.47. The Morgan fingerprint density at radius 1 is 1.25 bits per heavy atom. The van der Waals surface area contributed by atoms with Gasteiger partial charge in [0.1, 0.15) is 0 Å². The SMILES string of the molecule is CC(C)(C)NC(=O)Cc1ccc(F)c(F)c1. The van der Waals surface area contributed by atoms with Crippen LogP contribution in [-0.4, -0.2) is 11.4 Å². The van der Waals surface area contributed by atoms with E-state index in [-0.39, 0.29) is 17.9 Å². The minimum absolute atomic E-state index is 0.0501. The number of amides is 1. The third kappa shape index (κ3) is 3.96. The number of hydrogen-bond donors (Lipinski definition) is 1. The molecule has 0 aromatic heterocycles. The Hall–Kier alpha value is -1.45. The van der Waals surface area contributed by atoms with E-state index in [1.807, 2.05) is 20.8 Å². The second kappa shape index (κ2) is 4.60. The van der Waals surface area contributed by atoms with Gasteiger partial charge in [0, 0.05) is 5.54 Å². The number of halogens is 2. The summed E-state index contributed by atoms with van der Waals surface area (Å²) in [6.45, 7) is 5.57. The molecule has 0 aliphatic heterocycles. The van der Waals surface area contributed by atoms with Crippen molar-refractivity contribution in [3.8, 4) is 0 Å². The van der Waals surface area contributed by atoms with Gasteiger partial charge in [-0.05, 0) is 38.5 Å². The van der Waals surface area contributed by atoms with E-state index in [0.29, 0.717) is 5.56 Å². The van der Waals surface area contributed by atoms with Crippen molar-refractivity contribution in [2.45, 2.75) is 32.7 Å². The lowest BCUT2D eigenvalue weighted by atomic mass is 10.1. The first-order valence-corrected chi connectivity index (χ1v) is 5.03. The molecule has 0 radical (unpaired) electrons. The lowest BCUT2D eigenvalue weighted by molar-refractivity contribution is -0.121. The third-order valence-corrected chi connectivity index (χ3v) is 1.86. The molecule has 1 rings (SSSR count). The van der Waals surface area contributed by atoms with Crippen LogP contribution in [-0.2, 0) is 11.2 Å². The van der Waals surface area contributed by atoms with Crippen LogP contribution in [0.1, 0.15) is 26.3 Å². The van der Waals surface area contributed by atoms with Gasteiger partial charge in [-0.25, -0.2) is 8.78 Å². The van der Waals surface area contributed by atoms with Crippen molar-refractivity contribution in [1.29, 1.82) is 0 Å². The van der Waals surface area contributed by atoms with Crippen LogP contribution in [0.25, 0.3) is 0 Å². The molecule has 0 spiro atoms. The molecule has 1 aromatic carbocycles. The van der Waals surface area contributed by atoms with E-state index >= 15 is 0 Å². The van der Waals surface area contributed by atoms with Crippen LogP contribution in [0.5, 0.6) is 0 Å². The first kappa shape index (κ1) is 12.6. The van der Waals surface area contributed by atoms with Crippen LogP contribution < -0.4 is 5.32 Å². The molecule has 88 valence electrons. The van der Waals surface area contributed by atoms with Gasteiger partial charge in [-0.15, -0.1) is 0 Å². The summed E-state index contributed by atoms with van der Waals surface area (Å²) in [7, 11) is 0. The summed E-state index contributed by atoms with van der Waals surface area (Å²) < 4.78 is 25.5. The van der Waals surface area contributed by atoms with Crippen molar-refractivity contribution in [3.63, 3.8) is 0 Å². The Morgan fingerprint density at radius 2 is 1.88 bits per heavy atom. The van der Waals surface area contributed by atoms with Crippen LogP contribution in [0.2, 0.25) is 0 Å². The van der Waals surface area contributed by atoms with Crippen molar-refractivity contribution in [2.24, 2.45) is 0 Å². The number of carbonyl (C=O) groups excluding carboxylic acids is 1. The molecule has 0 saturated carbocycles. The number of hydrogen-bond acceptors (Lipinski definition) is 1. The zero-order chi connectivity index (χ0) is 12.3. The second-order valence-corrected chi connectivity index (χ2v) is 4.72. The predicted octanol–water partition coefficient (Wildman–Crippen LogP) is 2.42. The van der Waals surface area contributed by atoms with Gasteiger partial charge < -0.3 is 5.32 Å². The van der Waals surface area contributed by atoms with Crippen LogP contribution in [0.3, 0.4) is 0 Å². The lowest BCUT2D eigenvalue weighted by Crippen LogP contribution is -2.41. The van der Waals surface area contributed by atoms with Crippen molar-refractivity contribution in [3.05, 3.63) is 35.4 Å². The Balaban J connectivity index is 2.67. The van der Waals surface area contributed by atoms with E-state index < -0.39 is 11.6 Å². The maximum absolute atomic E-state index is 12.9. The van der Waals surface area contributed by atoms with Crippen molar-refractivity contribution in [1.82, 2.24) is 5.32 Å². The number of rotatable bonds is 2. The molecule has 0 aliphatic rings. The van der Waals surface area contributed by atoms with Gasteiger partial charge in [0.2, 0.25) is 5.91 Å². The highest BCUT2D eigenvalue weighted by molar-refractivity contribution is 5.79. The average molecular weight is 227 g/mol. The van der Waals surface area contributed by atoms with E-state index in [9.17, 15) is 13.6 Å². The van der Waals surface area contributed by atoms with Gasteiger partial charge in [-0.3, -0.25) is 4.79 Å². The number of nitrogens with one attached hydrogen (secondary N) is 1. The molecule has 1 amide bonds. The summed E-state index contributed by atoms with van der Waals surface area (Å²) in [5.74, 6) is -2.04. The molecule has 0 atom stereocenters. The minimum atomic E-state index is -0.930. The van der Waals surface area contributed by atoms with E-state index in [4.69, 9.17) is 0 Å². The molecular weight excluding hydrogens is 212 g/mol. The summed E-state index contributed by atoms with van der Waals surface area (Å²) in [5, 5.41) is 2.75. The van der Waals surface area contributed by atoms with E-state index in [2.05, 4.69) is 5.32 Å². The molecule has 0 bridgehead atoms. The zero-order valence-corrected chi connectivity index (χ0v) is 9.60. The van der Waals surface area contributed by atoms with Gasteiger partial charge in [0.25, 0.3) is 0 Å². The van der Waals surface area contributed by atoms with Gasteiger partial charge in [-0.2, -0.15) is 0 Å². The summed E-state index contributed by atoms with van der Waals surface area (Å²) >= 11 is 0. The monoisotopic (exact) mass is 227 g/mol. The molecule has 0 unspecified atom stereocenters. The Kier molecular flexibility index (Phi) is 3.62. The Labute approximate surface area is 93.7 Å².